The van der Waals surface area contributed by atoms with Gasteiger partial charge in [-0.2, -0.15) is 4.37 Å². The van der Waals surface area contributed by atoms with Gasteiger partial charge in [-0.1, -0.05) is 24.3 Å². The van der Waals surface area contributed by atoms with Crippen molar-refractivity contribution in [2.24, 2.45) is 5.73 Å². The summed E-state index contributed by atoms with van der Waals surface area (Å²) in [6, 6.07) is 10.5. The Morgan fingerprint density at radius 2 is 1.83 bits per heavy atom. The van der Waals surface area contributed by atoms with E-state index in [1.54, 1.807) is 24.3 Å². The molecule has 5 N–H and O–H groups in total. The smallest absolute Gasteiger partial charge is 0.273 e. The number of carbonyl (C=O) groups is 3. The molecular formula is C23H24FN5O5S. The van der Waals surface area contributed by atoms with Crippen LogP contribution in [0.3, 0.4) is 0 Å². The lowest BCUT2D eigenvalue weighted by atomic mass is 10.0. The third-order valence-corrected chi connectivity index (χ3v) is 5.87. The van der Waals surface area contributed by atoms with Gasteiger partial charge in [-0.15, -0.1) is 0 Å². The lowest BCUT2D eigenvalue weighted by molar-refractivity contribution is -0.122. The predicted octanol–water partition coefficient (Wildman–Crippen LogP) is 2.12. The fraction of sp³-hybridized carbons (Fsp3) is 0.217. The number of nitrogens with one attached hydrogen (secondary N) is 1. The lowest BCUT2D eigenvalue weighted by Crippen LogP contribution is -2.45. The minimum atomic E-state index is -1.27. The molecule has 0 aliphatic heterocycles. The van der Waals surface area contributed by atoms with Crippen LogP contribution < -0.4 is 26.4 Å². The first-order valence-corrected chi connectivity index (χ1v) is 11.1. The molecule has 0 unspecified atom stereocenters. The Morgan fingerprint density at radius 1 is 1.14 bits per heavy atom. The first kappa shape index (κ1) is 25.6. The van der Waals surface area contributed by atoms with E-state index in [2.05, 4.69) is 9.69 Å². The number of halogens is 1. The molecule has 12 heteroatoms. The quantitative estimate of drug-likeness (QED) is 0.360. The highest BCUT2D eigenvalue weighted by molar-refractivity contribution is 7.09. The van der Waals surface area contributed by atoms with Gasteiger partial charge >= 0.3 is 0 Å². The number of ether oxygens (including phenoxy) is 2. The first-order chi connectivity index (χ1) is 16.8. The van der Waals surface area contributed by atoms with Gasteiger partial charge in [0.2, 0.25) is 5.91 Å². The van der Waals surface area contributed by atoms with E-state index < -0.39 is 29.6 Å². The molecule has 10 nitrogen and oxygen atoms in total. The van der Waals surface area contributed by atoms with E-state index >= 15 is 0 Å². The van der Waals surface area contributed by atoms with Gasteiger partial charge in [0.1, 0.15) is 22.5 Å². The fourth-order valence-corrected chi connectivity index (χ4v) is 4.11. The van der Waals surface area contributed by atoms with Crippen molar-refractivity contribution in [3.63, 3.8) is 0 Å². The number of methoxy groups -OCH3 is 2. The van der Waals surface area contributed by atoms with Gasteiger partial charge in [-0.3, -0.25) is 19.3 Å². The summed E-state index contributed by atoms with van der Waals surface area (Å²) in [5, 5.41) is 2.72. The number of para-hydroxylation sites is 2. The number of nitrogen functional groups attached to an aromatic ring is 1. The van der Waals surface area contributed by atoms with Gasteiger partial charge in [0.25, 0.3) is 11.8 Å². The summed E-state index contributed by atoms with van der Waals surface area (Å²) in [5.74, 6) is -2.41. The Hall–Kier alpha value is -4.03. The van der Waals surface area contributed by atoms with Gasteiger partial charge in [0.15, 0.2) is 5.69 Å². The molecule has 0 aliphatic rings. The molecule has 1 aromatic heterocycles. The van der Waals surface area contributed by atoms with Crippen LogP contribution in [-0.2, 0) is 9.53 Å². The largest absolute Gasteiger partial charge is 0.495 e. The van der Waals surface area contributed by atoms with Crippen LogP contribution in [0, 0.1) is 5.82 Å². The molecule has 35 heavy (non-hydrogen) atoms. The number of amides is 3. The normalized spacial score (nSPS) is 11.5. The second-order valence-corrected chi connectivity index (χ2v) is 8.00. The van der Waals surface area contributed by atoms with Crippen LogP contribution in [-0.4, -0.2) is 49.5 Å². The molecule has 0 saturated heterocycles. The number of hydrogen-bond donors (Lipinski definition) is 3. The van der Waals surface area contributed by atoms with Crippen molar-refractivity contribution < 1.29 is 28.2 Å². The zero-order valence-electron chi connectivity index (χ0n) is 19.0. The molecular weight excluding hydrogens is 477 g/mol. The average Bonchev–Trinajstić information content (AvgIpc) is 3.24. The SMILES string of the molecule is COCCNC(=O)[C@@H](c1ccc(F)cc1)N(C(=O)c1snc(C(N)=O)c1N)c1ccccc1OC. The second kappa shape index (κ2) is 11.4. The molecule has 0 radical (unpaired) electrons. The maximum atomic E-state index is 13.9. The summed E-state index contributed by atoms with van der Waals surface area (Å²) >= 11 is 0.678. The summed E-state index contributed by atoms with van der Waals surface area (Å²) in [6.07, 6.45) is 0. The molecule has 0 bridgehead atoms. The predicted molar refractivity (Wildman–Crippen MR) is 129 cm³/mol. The Balaban J connectivity index is 2.22. The van der Waals surface area contributed by atoms with E-state index in [9.17, 15) is 18.8 Å². The third kappa shape index (κ3) is 5.55. The molecule has 3 amide bonds. The van der Waals surface area contributed by atoms with E-state index in [0.29, 0.717) is 17.1 Å². The van der Waals surface area contributed by atoms with Crippen LogP contribution in [0.5, 0.6) is 5.75 Å². The van der Waals surface area contributed by atoms with Gasteiger partial charge in [0, 0.05) is 13.7 Å². The molecule has 2 aromatic carbocycles. The first-order valence-electron chi connectivity index (χ1n) is 10.3. The van der Waals surface area contributed by atoms with Crippen LogP contribution in [0.1, 0.15) is 31.8 Å². The summed E-state index contributed by atoms with van der Waals surface area (Å²) in [6.45, 7) is 0.393. The van der Waals surface area contributed by atoms with Crippen LogP contribution in [0.25, 0.3) is 0 Å². The maximum Gasteiger partial charge on any atom is 0.273 e. The van der Waals surface area contributed by atoms with Crippen LogP contribution in [0.4, 0.5) is 15.8 Å². The zero-order chi connectivity index (χ0) is 25.5. The molecule has 0 spiro atoms. The van der Waals surface area contributed by atoms with Crippen LogP contribution in [0.2, 0.25) is 0 Å². The third-order valence-electron chi connectivity index (χ3n) is 5.02. The minimum absolute atomic E-state index is 0.0958. The zero-order valence-corrected chi connectivity index (χ0v) is 19.8. The Bertz CT molecular complexity index is 1220. The maximum absolute atomic E-state index is 13.9. The average molecular weight is 502 g/mol. The Morgan fingerprint density at radius 3 is 2.43 bits per heavy atom. The number of aromatic nitrogens is 1. The summed E-state index contributed by atoms with van der Waals surface area (Å²) in [5.41, 5.74) is 11.4. The molecule has 0 saturated carbocycles. The number of hydrogen-bond acceptors (Lipinski definition) is 8. The fourth-order valence-electron chi connectivity index (χ4n) is 3.37. The molecule has 1 atom stereocenters. The lowest BCUT2D eigenvalue weighted by Gasteiger charge is -2.32. The second-order valence-electron chi connectivity index (χ2n) is 7.22. The van der Waals surface area contributed by atoms with Crippen molar-refractivity contribution in [3.8, 4) is 5.75 Å². The van der Waals surface area contributed by atoms with E-state index in [0.717, 1.165) is 0 Å². The number of nitrogens with two attached hydrogens (primary N) is 2. The number of benzene rings is 2. The number of nitrogens with zero attached hydrogens (tertiary/aromatic N) is 2. The topological polar surface area (TPSA) is 150 Å². The van der Waals surface area contributed by atoms with Crippen LogP contribution >= 0.6 is 11.5 Å². The van der Waals surface area contributed by atoms with Gasteiger partial charge < -0.3 is 26.3 Å². The van der Waals surface area contributed by atoms with Crippen LogP contribution in [0.15, 0.2) is 48.5 Å². The summed E-state index contributed by atoms with van der Waals surface area (Å²) < 4.78 is 28.1. The highest BCUT2D eigenvalue weighted by atomic mass is 32.1. The standard InChI is InChI=1S/C23H24FN5O5S/c1-33-12-11-27-22(31)19(13-7-9-14(24)10-8-13)29(15-5-3-4-6-16(15)34-2)23(32)20-17(25)18(21(26)30)28-35-20/h3-10,19H,11-12,25H2,1-2H3,(H2,26,30)(H,27,31)/t19-/m1/s1. The summed E-state index contributed by atoms with van der Waals surface area (Å²) in [4.78, 5) is 40.1. The number of rotatable bonds is 10. The molecule has 0 fully saturated rings. The van der Waals surface area contributed by atoms with Gasteiger partial charge in [-0.05, 0) is 41.4 Å². The molecule has 3 aromatic rings. The number of carbonyl (C=O) groups excluding carboxylic acids is 3. The van der Waals surface area contributed by atoms with E-state index in [-0.39, 0.29) is 40.8 Å². The van der Waals surface area contributed by atoms with E-state index in [1.165, 1.54) is 43.4 Å². The molecule has 1 heterocycles. The van der Waals surface area contributed by atoms with Crippen molar-refractivity contribution in [2.45, 2.75) is 6.04 Å². The summed E-state index contributed by atoms with van der Waals surface area (Å²) in [7, 11) is 2.90. The molecule has 3 rings (SSSR count). The van der Waals surface area contributed by atoms with Crippen molar-refractivity contribution in [3.05, 3.63) is 70.5 Å². The van der Waals surface area contributed by atoms with E-state index in [4.69, 9.17) is 20.9 Å². The highest BCUT2D eigenvalue weighted by Gasteiger charge is 2.37. The van der Waals surface area contributed by atoms with Crippen molar-refractivity contribution >= 4 is 40.6 Å². The monoisotopic (exact) mass is 501 g/mol. The molecule has 0 aliphatic carbocycles. The number of anilines is 2. The van der Waals surface area contributed by atoms with Gasteiger partial charge in [-0.25, -0.2) is 4.39 Å². The Labute approximate surface area is 204 Å². The molecule has 184 valence electrons. The van der Waals surface area contributed by atoms with Gasteiger partial charge in [0.05, 0.1) is 25.1 Å². The van der Waals surface area contributed by atoms with Crippen molar-refractivity contribution in [2.75, 3.05) is 38.0 Å². The number of primary amides is 1. The Kier molecular flexibility index (Phi) is 8.34. The van der Waals surface area contributed by atoms with Crippen molar-refractivity contribution in [1.82, 2.24) is 9.69 Å². The highest BCUT2D eigenvalue weighted by Crippen LogP contribution is 2.37. The van der Waals surface area contributed by atoms with Crippen molar-refractivity contribution in [1.29, 1.82) is 0 Å². The minimum Gasteiger partial charge on any atom is -0.495 e. The van der Waals surface area contributed by atoms with E-state index in [1.807, 2.05) is 0 Å².